The number of methoxy groups -OCH3 is 1. The molecular formula is C14H20O5S. The van der Waals surface area contributed by atoms with Crippen molar-refractivity contribution in [2.75, 3.05) is 26.6 Å². The van der Waals surface area contributed by atoms with E-state index in [4.69, 9.17) is 18.4 Å². The number of ether oxygens (including phenoxy) is 3. The van der Waals surface area contributed by atoms with Crippen LogP contribution >= 0.6 is 12.0 Å². The topological polar surface area (TPSA) is 54.0 Å². The van der Waals surface area contributed by atoms with Crippen molar-refractivity contribution in [2.45, 2.75) is 20.0 Å². The van der Waals surface area contributed by atoms with E-state index in [2.05, 4.69) is 0 Å². The van der Waals surface area contributed by atoms with Crippen molar-refractivity contribution in [2.24, 2.45) is 0 Å². The van der Waals surface area contributed by atoms with Crippen LogP contribution in [0.3, 0.4) is 0 Å². The minimum Gasteiger partial charge on any atom is -0.494 e. The van der Waals surface area contributed by atoms with Gasteiger partial charge in [0.1, 0.15) is 11.5 Å². The van der Waals surface area contributed by atoms with E-state index in [9.17, 15) is 4.79 Å². The smallest absolute Gasteiger partial charge is 0.341 e. The Bertz CT molecular complexity index is 411. The third kappa shape index (κ3) is 4.61. The summed E-state index contributed by atoms with van der Waals surface area (Å²) in [6.07, 6.45) is 0.931. The van der Waals surface area contributed by atoms with Gasteiger partial charge < -0.3 is 14.2 Å². The molecule has 0 aliphatic heterocycles. The maximum absolute atomic E-state index is 11.8. The van der Waals surface area contributed by atoms with Gasteiger partial charge in [-0.05, 0) is 38.0 Å². The number of hydrogen-bond acceptors (Lipinski definition) is 6. The van der Waals surface area contributed by atoms with E-state index in [1.807, 2.05) is 13.8 Å². The molecule has 0 saturated carbocycles. The van der Waals surface area contributed by atoms with Crippen molar-refractivity contribution in [3.63, 3.8) is 0 Å². The van der Waals surface area contributed by atoms with Crippen LogP contribution in [0.2, 0.25) is 0 Å². The molecule has 5 nitrogen and oxygen atoms in total. The largest absolute Gasteiger partial charge is 0.494 e. The average molecular weight is 300 g/mol. The Balaban J connectivity index is 3.13. The molecule has 0 aliphatic rings. The van der Waals surface area contributed by atoms with Crippen molar-refractivity contribution < 1.29 is 23.2 Å². The quantitative estimate of drug-likeness (QED) is 0.543. The first-order valence-electron chi connectivity index (χ1n) is 6.34. The van der Waals surface area contributed by atoms with E-state index in [1.165, 1.54) is 7.11 Å². The maximum atomic E-state index is 11.8. The highest BCUT2D eigenvalue weighted by atomic mass is 32.2. The second-order valence-corrected chi connectivity index (χ2v) is 4.30. The first-order chi connectivity index (χ1) is 9.65. The van der Waals surface area contributed by atoms with Gasteiger partial charge in [0, 0.05) is 17.9 Å². The molecule has 0 N–H and O–H groups in total. The molecule has 0 heterocycles. The molecule has 0 aliphatic carbocycles. The fraction of sp³-hybridized carbons (Fsp3) is 0.500. The zero-order valence-electron chi connectivity index (χ0n) is 12.2. The maximum Gasteiger partial charge on any atom is 0.341 e. The Morgan fingerprint density at radius 3 is 2.10 bits per heavy atom. The highest BCUT2D eigenvalue weighted by molar-refractivity contribution is 7.93. The SMILES string of the molecule is CCOc1cc(OCC)cc(C(OSC)C(=O)OC)c1. The van der Waals surface area contributed by atoms with Crippen LogP contribution in [0.4, 0.5) is 0 Å². The Morgan fingerprint density at radius 1 is 1.15 bits per heavy atom. The van der Waals surface area contributed by atoms with Gasteiger partial charge in [-0.1, -0.05) is 0 Å². The van der Waals surface area contributed by atoms with Crippen LogP contribution in [0.25, 0.3) is 0 Å². The van der Waals surface area contributed by atoms with Gasteiger partial charge in [0.15, 0.2) is 6.10 Å². The summed E-state index contributed by atoms with van der Waals surface area (Å²) in [5.74, 6) is 0.801. The van der Waals surface area contributed by atoms with Gasteiger partial charge in [-0.25, -0.2) is 4.79 Å². The van der Waals surface area contributed by atoms with E-state index < -0.39 is 12.1 Å². The van der Waals surface area contributed by atoms with Crippen molar-refractivity contribution in [3.8, 4) is 11.5 Å². The molecule has 0 spiro atoms. The number of rotatable bonds is 8. The van der Waals surface area contributed by atoms with Gasteiger partial charge in [0.2, 0.25) is 0 Å². The van der Waals surface area contributed by atoms with Gasteiger partial charge >= 0.3 is 5.97 Å². The standard InChI is InChI=1S/C14H20O5S/c1-5-17-11-7-10(8-12(9-11)18-6-2)13(19-20-4)14(15)16-3/h7-9,13H,5-6H2,1-4H3. The zero-order valence-corrected chi connectivity index (χ0v) is 13.0. The van der Waals surface area contributed by atoms with Gasteiger partial charge in [-0.15, -0.1) is 0 Å². The fourth-order valence-corrected chi connectivity index (χ4v) is 2.06. The van der Waals surface area contributed by atoms with Crippen LogP contribution in [0.5, 0.6) is 11.5 Å². The molecule has 0 saturated heterocycles. The molecule has 1 atom stereocenters. The summed E-state index contributed by atoms with van der Waals surface area (Å²) in [4.78, 5) is 11.8. The second kappa shape index (κ2) is 8.71. The molecule has 6 heteroatoms. The minimum atomic E-state index is -0.811. The predicted molar refractivity (Wildman–Crippen MR) is 78.1 cm³/mol. The van der Waals surface area contributed by atoms with Gasteiger partial charge in [0.25, 0.3) is 0 Å². The molecular weight excluding hydrogens is 280 g/mol. The third-order valence-electron chi connectivity index (χ3n) is 2.43. The molecule has 1 rings (SSSR count). The highest BCUT2D eigenvalue weighted by Crippen LogP contribution is 2.31. The van der Waals surface area contributed by atoms with E-state index in [0.717, 1.165) is 12.0 Å². The number of carbonyl (C=O) groups excluding carboxylic acids is 1. The summed E-state index contributed by atoms with van der Waals surface area (Å²) >= 11 is 1.10. The number of hydrogen-bond donors (Lipinski definition) is 0. The lowest BCUT2D eigenvalue weighted by atomic mass is 10.1. The molecule has 1 unspecified atom stereocenters. The van der Waals surface area contributed by atoms with Crippen molar-refractivity contribution >= 4 is 18.0 Å². The Kier molecular flexibility index (Phi) is 7.25. The van der Waals surface area contributed by atoms with Crippen molar-refractivity contribution in [1.82, 2.24) is 0 Å². The van der Waals surface area contributed by atoms with Gasteiger partial charge in [-0.3, -0.25) is 4.18 Å². The predicted octanol–water partition coefficient (Wildman–Crippen LogP) is 2.99. The number of carbonyl (C=O) groups is 1. The zero-order chi connectivity index (χ0) is 15.0. The minimum absolute atomic E-state index is 0.463. The van der Waals surface area contributed by atoms with Crippen LogP contribution < -0.4 is 9.47 Å². The molecule has 1 aromatic rings. The summed E-state index contributed by atoms with van der Waals surface area (Å²) < 4.78 is 21.1. The van der Waals surface area contributed by atoms with Crippen LogP contribution in [0.1, 0.15) is 25.5 Å². The Labute approximate surface area is 123 Å². The molecule has 0 radical (unpaired) electrons. The fourth-order valence-electron chi connectivity index (χ4n) is 1.68. The van der Waals surface area contributed by atoms with Crippen molar-refractivity contribution in [1.29, 1.82) is 0 Å². The Morgan fingerprint density at radius 2 is 1.70 bits per heavy atom. The highest BCUT2D eigenvalue weighted by Gasteiger charge is 2.24. The van der Waals surface area contributed by atoms with E-state index >= 15 is 0 Å². The van der Waals surface area contributed by atoms with Crippen LogP contribution in [0.15, 0.2) is 18.2 Å². The number of benzene rings is 1. The average Bonchev–Trinajstić information content (AvgIpc) is 2.44. The Hall–Kier alpha value is -1.40. The summed E-state index contributed by atoms with van der Waals surface area (Å²) in [5.41, 5.74) is 0.639. The van der Waals surface area contributed by atoms with Crippen LogP contribution in [-0.2, 0) is 13.7 Å². The molecule has 1 aromatic carbocycles. The van der Waals surface area contributed by atoms with E-state index in [-0.39, 0.29) is 0 Å². The molecule has 20 heavy (non-hydrogen) atoms. The lowest BCUT2D eigenvalue weighted by molar-refractivity contribution is -0.148. The monoisotopic (exact) mass is 300 g/mol. The molecule has 0 aromatic heterocycles. The van der Waals surface area contributed by atoms with E-state index in [1.54, 1.807) is 24.5 Å². The summed E-state index contributed by atoms with van der Waals surface area (Å²) in [6, 6.07) is 5.29. The van der Waals surface area contributed by atoms with E-state index in [0.29, 0.717) is 30.3 Å². The first-order valence-corrected chi connectivity index (χ1v) is 7.49. The number of esters is 1. The van der Waals surface area contributed by atoms with Gasteiger partial charge in [0.05, 0.1) is 20.3 Å². The second-order valence-electron chi connectivity index (χ2n) is 3.77. The third-order valence-corrected chi connectivity index (χ3v) is 2.82. The first kappa shape index (κ1) is 16.7. The van der Waals surface area contributed by atoms with Crippen molar-refractivity contribution in [3.05, 3.63) is 23.8 Å². The summed E-state index contributed by atoms with van der Waals surface area (Å²) in [7, 11) is 1.33. The summed E-state index contributed by atoms with van der Waals surface area (Å²) in [5, 5.41) is 0. The van der Waals surface area contributed by atoms with Crippen LogP contribution in [0, 0.1) is 0 Å². The molecule has 0 bridgehead atoms. The lowest BCUT2D eigenvalue weighted by Gasteiger charge is -2.16. The lowest BCUT2D eigenvalue weighted by Crippen LogP contribution is -2.15. The normalized spacial score (nSPS) is 11.8. The van der Waals surface area contributed by atoms with Gasteiger partial charge in [-0.2, -0.15) is 0 Å². The molecule has 0 fully saturated rings. The molecule has 0 amide bonds. The summed E-state index contributed by atoms with van der Waals surface area (Å²) in [6.45, 7) is 4.84. The molecule has 112 valence electrons. The van der Waals surface area contributed by atoms with Crippen LogP contribution in [-0.4, -0.2) is 32.5 Å².